The molecule has 0 fully saturated rings. The molecule has 0 rings (SSSR count). The molecule has 0 unspecified atom stereocenters. The molecule has 0 N–H and O–H groups in total. The third-order valence-electron chi connectivity index (χ3n) is 3.24. The van der Waals surface area contributed by atoms with Gasteiger partial charge in [-0.25, -0.2) is 4.79 Å². The van der Waals surface area contributed by atoms with E-state index in [2.05, 4.69) is 38.7 Å². The van der Waals surface area contributed by atoms with Crippen LogP contribution in [0.15, 0.2) is 11.8 Å². The highest BCUT2D eigenvalue weighted by atomic mass is 28.4. The fourth-order valence-corrected chi connectivity index (χ4v) is 2.13. The van der Waals surface area contributed by atoms with Gasteiger partial charge < -0.3 is 14.7 Å². The Hall–Kier alpha value is -1.39. The lowest BCUT2D eigenvalue weighted by Crippen LogP contribution is -2.42. The molecular weight excluding hydrogens is 260 g/mol. The first kappa shape index (κ1) is 17.6. The van der Waals surface area contributed by atoms with Crippen molar-refractivity contribution in [2.45, 2.75) is 52.8 Å². The Labute approximate surface area is 116 Å². The fourth-order valence-electron chi connectivity index (χ4n) is 1.06. The summed E-state index contributed by atoms with van der Waals surface area (Å²) in [5, 5.41) is -0.0174. The van der Waals surface area contributed by atoms with E-state index in [1.807, 2.05) is 0 Å². The Morgan fingerprint density at radius 3 is 2.21 bits per heavy atom. The second kappa shape index (κ2) is 6.68. The third-order valence-corrected chi connectivity index (χ3v) is 7.58. The molecule has 0 aromatic rings. The average Bonchev–Trinajstić information content (AvgIpc) is 2.27. The molecule has 0 heterocycles. The molecule has 0 saturated carbocycles. The standard InChI is InChI=1S/C13H24N2O3Si/c1-8-10(11(15-14)12(16)17-9-2)18-19(6,7)13(3,4)5/h8H,9H2,1-7H3/b10-8+. The van der Waals surface area contributed by atoms with E-state index in [9.17, 15) is 4.79 Å². The summed E-state index contributed by atoms with van der Waals surface area (Å²) in [5.74, 6) is -0.413. The van der Waals surface area contributed by atoms with Gasteiger partial charge in [-0.1, -0.05) is 20.8 Å². The number of carbonyl (C=O) groups excluding carboxylic acids is 1. The van der Waals surface area contributed by atoms with Crippen LogP contribution in [0.2, 0.25) is 18.1 Å². The molecule has 0 atom stereocenters. The van der Waals surface area contributed by atoms with Crippen LogP contribution in [0.1, 0.15) is 34.6 Å². The molecular formula is C13H24N2O3Si. The molecule has 0 aromatic heterocycles. The molecule has 0 aliphatic carbocycles. The zero-order valence-corrected chi connectivity index (χ0v) is 13.9. The van der Waals surface area contributed by atoms with Crippen molar-refractivity contribution in [1.82, 2.24) is 0 Å². The summed E-state index contributed by atoms with van der Waals surface area (Å²) < 4.78 is 10.8. The zero-order valence-electron chi connectivity index (χ0n) is 12.9. The van der Waals surface area contributed by atoms with Gasteiger partial charge in [0.15, 0.2) is 5.76 Å². The average molecular weight is 284 g/mol. The van der Waals surface area contributed by atoms with E-state index >= 15 is 0 Å². The van der Waals surface area contributed by atoms with Crippen molar-refractivity contribution in [3.63, 3.8) is 0 Å². The first-order chi connectivity index (χ1) is 8.60. The number of carbonyl (C=O) groups is 1. The van der Waals surface area contributed by atoms with Crippen molar-refractivity contribution in [1.29, 1.82) is 0 Å². The van der Waals surface area contributed by atoms with E-state index in [0.717, 1.165) is 0 Å². The zero-order chi connectivity index (χ0) is 15.3. The molecule has 0 saturated heterocycles. The van der Waals surface area contributed by atoms with Crippen LogP contribution in [0.3, 0.4) is 0 Å². The lowest BCUT2D eigenvalue weighted by Gasteiger charge is -2.36. The lowest BCUT2D eigenvalue weighted by atomic mass is 10.2. The summed E-state index contributed by atoms with van der Waals surface area (Å²) in [6.07, 6.45) is 1.62. The van der Waals surface area contributed by atoms with Crippen LogP contribution in [0.5, 0.6) is 0 Å². The van der Waals surface area contributed by atoms with Gasteiger partial charge in [0.25, 0.3) is 8.32 Å². The van der Waals surface area contributed by atoms with Gasteiger partial charge in [-0.05, 0) is 38.1 Å². The number of ether oxygens (including phenoxy) is 1. The molecule has 0 amide bonds. The summed E-state index contributed by atoms with van der Waals surface area (Å²) >= 11 is 0. The maximum Gasteiger partial charge on any atom is 0.438 e. The Morgan fingerprint density at radius 2 is 1.89 bits per heavy atom. The smallest absolute Gasteiger partial charge is 0.438 e. The molecule has 0 aliphatic heterocycles. The number of nitrogens with zero attached hydrogens (tertiary/aromatic N) is 2. The van der Waals surface area contributed by atoms with Crippen LogP contribution in [0.4, 0.5) is 0 Å². The first-order valence-corrected chi connectivity index (χ1v) is 9.26. The van der Waals surface area contributed by atoms with Crippen LogP contribution >= 0.6 is 0 Å². The Balaban J connectivity index is 5.27. The fraction of sp³-hybridized carbons (Fsp3) is 0.692. The summed E-state index contributed by atoms with van der Waals surface area (Å²) in [6, 6.07) is 0. The van der Waals surface area contributed by atoms with Gasteiger partial charge >= 0.3 is 11.7 Å². The Bertz CT molecular complexity index is 416. The molecule has 5 nitrogen and oxygen atoms in total. The summed E-state index contributed by atoms with van der Waals surface area (Å²) in [4.78, 5) is 14.7. The van der Waals surface area contributed by atoms with Crippen molar-refractivity contribution in [3.05, 3.63) is 17.4 Å². The highest BCUT2D eigenvalue weighted by Gasteiger charge is 2.42. The van der Waals surface area contributed by atoms with E-state index in [-0.39, 0.29) is 23.1 Å². The Kier molecular flexibility index (Phi) is 6.19. The van der Waals surface area contributed by atoms with Gasteiger partial charge in [0.05, 0.1) is 6.61 Å². The first-order valence-electron chi connectivity index (χ1n) is 6.35. The summed E-state index contributed by atoms with van der Waals surface area (Å²) in [5.41, 5.74) is 8.82. The minimum Gasteiger partial charge on any atom is -0.538 e. The highest BCUT2D eigenvalue weighted by molar-refractivity contribution is 6.74. The second-order valence-electron chi connectivity index (χ2n) is 5.68. The molecule has 6 heteroatoms. The second-order valence-corrected chi connectivity index (χ2v) is 10.4. The van der Waals surface area contributed by atoms with E-state index in [0.29, 0.717) is 0 Å². The van der Waals surface area contributed by atoms with Gasteiger partial charge in [-0.15, -0.1) is 0 Å². The van der Waals surface area contributed by atoms with Crippen LogP contribution in [-0.4, -0.2) is 31.4 Å². The van der Waals surface area contributed by atoms with Crippen LogP contribution in [0, 0.1) is 0 Å². The minimum atomic E-state index is -2.10. The normalized spacial score (nSPS) is 12.7. The van der Waals surface area contributed by atoms with E-state index in [1.54, 1.807) is 19.9 Å². The number of esters is 1. The number of hydrogen-bond acceptors (Lipinski definition) is 3. The van der Waals surface area contributed by atoms with Crippen LogP contribution in [0.25, 0.3) is 5.53 Å². The predicted molar refractivity (Wildman–Crippen MR) is 77.3 cm³/mol. The van der Waals surface area contributed by atoms with Crippen molar-refractivity contribution < 1.29 is 18.7 Å². The predicted octanol–water partition coefficient (Wildman–Crippen LogP) is 3.15. The van der Waals surface area contributed by atoms with Crippen molar-refractivity contribution >= 4 is 20.0 Å². The quantitative estimate of drug-likeness (QED) is 0.194. The Morgan fingerprint density at radius 1 is 1.37 bits per heavy atom. The molecule has 0 aliphatic rings. The van der Waals surface area contributed by atoms with Crippen LogP contribution < -0.4 is 0 Å². The van der Waals surface area contributed by atoms with Gasteiger partial charge in [0.1, 0.15) is 0 Å². The third kappa shape index (κ3) is 4.65. The highest BCUT2D eigenvalue weighted by Crippen LogP contribution is 2.37. The summed E-state index contributed by atoms with van der Waals surface area (Å²) in [7, 11) is -2.10. The maximum atomic E-state index is 11.7. The van der Waals surface area contributed by atoms with Gasteiger partial charge in [0, 0.05) is 0 Å². The van der Waals surface area contributed by atoms with E-state index < -0.39 is 14.3 Å². The molecule has 0 radical (unpaired) electrons. The van der Waals surface area contributed by atoms with E-state index in [1.165, 1.54) is 0 Å². The number of hydrogen-bond donors (Lipinski definition) is 0. The van der Waals surface area contributed by atoms with E-state index in [4.69, 9.17) is 14.7 Å². The van der Waals surface area contributed by atoms with Crippen molar-refractivity contribution in [2.75, 3.05) is 6.61 Å². The summed E-state index contributed by atoms with van der Waals surface area (Å²) in [6.45, 7) is 14.0. The van der Waals surface area contributed by atoms with Gasteiger partial charge in [-0.3, -0.25) is 0 Å². The van der Waals surface area contributed by atoms with Crippen molar-refractivity contribution in [3.8, 4) is 0 Å². The lowest BCUT2D eigenvalue weighted by molar-refractivity contribution is -0.139. The molecule has 19 heavy (non-hydrogen) atoms. The number of rotatable bonds is 5. The molecule has 108 valence electrons. The SMILES string of the molecule is C/C=C(/O[Si](C)(C)C(C)(C)C)C(=[N+]=[N-])C(=O)OCC. The molecule has 0 bridgehead atoms. The van der Waals surface area contributed by atoms with Gasteiger partial charge in [0.2, 0.25) is 0 Å². The monoisotopic (exact) mass is 284 g/mol. The topological polar surface area (TPSA) is 71.9 Å². The van der Waals surface area contributed by atoms with Gasteiger partial charge in [-0.2, -0.15) is 4.79 Å². The largest absolute Gasteiger partial charge is 0.538 e. The minimum absolute atomic E-state index is 0.0174. The van der Waals surface area contributed by atoms with Crippen molar-refractivity contribution in [2.24, 2.45) is 0 Å². The van der Waals surface area contributed by atoms with Crippen LogP contribution in [-0.2, 0) is 14.0 Å². The molecule has 0 spiro atoms. The molecule has 0 aromatic carbocycles. The maximum absolute atomic E-state index is 11.7. The number of allylic oxidation sites excluding steroid dienone is 1.